The number of aldehydes is 1. The van der Waals surface area contributed by atoms with E-state index < -0.39 is 23.9 Å². The van der Waals surface area contributed by atoms with Crippen LogP contribution in [-0.4, -0.2) is 54.6 Å². The van der Waals surface area contributed by atoms with E-state index in [-0.39, 0.29) is 25.3 Å². The Labute approximate surface area is 121 Å². The van der Waals surface area contributed by atoms with E-state index in [1.807, 2.05) is 0 Å². The number of amides is 3. The van der Waals surface area contributed by atoms with Gasteiger partial charge >= 0.3 is 0 Å². The van der Waals surface area contributed by atoms with Crippen LogP contribution in [-0.2, 0) is 19.2 Å². The van der Waals surface area contributed by atoms with Gasteiger partial charge in [-0.25, -0.2) is 0 Å². The van der Waals surface area contributed by atoms with Gasteiger partial charge in [-0.3, -0.25) is 14.4 Å². The number of thioether (sulfide) groups is 1. The molecule has 0 aliphatic rings. The molecule has 0 aliphatic heterocycles. The second-order valence-electron chi connectivity index (χ2n) is 4.10. The van der Waals surface area contributed by atoms with Crippen molar-refractivity contribution < 1.29 is 19.2 Å². The fourth-order valence-corrected chi connectivity index (χ4v) is 1.85. The second-order valence-corrected chi connectivity index (χ2v) is 5.01. The largest absolute Gasteiger partial charge is 0.368 e. The molecule has 0 fully saturated rings. The zero-order valence-corrected chi connectivity index (χ0v) is 12.1. The quantitative estimate of drug-likeness (QED) is 0.335. The third-order valence-electron chi connectivity index (χ3n) is 2.30. The van der Waals surface area contributed by atoms with E-state index in [0.717, 1.165) is 0 Å². The van der Waals surface area contributed by atoms with Gasteiger partial charge in [0.2, 0.25) is 17.7 Å². The smallest absolute Gasteiger partial charge is 0.243 e. The molecule has 0 saturated carbocycles. The highest BCUT2D eigenvalue weighted by molar-refractivity contribution is 7.98. The molecule has 20 heavy (non-hydrogen) atoms. The summed E-state index contributed by atoms with van der Waals surface area (Å²) in [5, 5.41) is 4.85. The van der Waals surface area contributed by atoms with Crippen LogP contribution >= 0.6 is 11.8 Å². The molecule has 0 saturated heterocycles. The van der Waals surface area contributed by atoms with Gasteiger partial charge in [0.1, 0.15) is 12.3 Å². The first kappa shape index (κ1) is 18.4. The van der Waals surface area contributed by atoms with Crippen LogP contribution in [0.5, 0.6) is 0 Å². The van der Waals surface area contributed by atoms with Gasteiger partial charge in [0.25, 0.3) is 0 Å². The van der Waals surface area contributed by atoms with Crippen molar-refractivity contribution in [2.75, 3.05) is 18.6 Å². The average Bonchev–Trinajstić information content (AvgIpc) is 2.41. The predicted octanol–water partition coefficient (Wildman–Crippen LogP) is -2.26. The van der Waals surface area contributed by atoms with Crippen LogP contribution in [0.4, 0.5) is 0 Å². The van der Waals surface area contributed by atoms with Crippen molar-refractivity contribution in [3.05, 3.63) is 0 Å². The summed E-state index contributed by atoms with van der Waals surface area (Å²) in [5.41, 5.74) is 10.3. The molecular weight excluding hydrogens is 284 g/mol. The molecule has 114 valence electrons. The third kappa shape index (κ3) is 8.48. The highest BCUT2D eigenvalue weighted by atomic mass is 32.2. The molecule has 0 heterocycles. The molecular formula is C11H20N4O4S. The van der Waals surface area contributed by atoms with Crippen molar-refractivity contribution in [2.45, 2.75) is 24.9 Å². The number of hydrogen-bond donors (Lipinski definition) is 4. The highest BCUT2D eigenvalue weighted by Crippen LogP contribution is 2.00. The van der Waals surface area contributed by atoms with Crippen LogP contribution in [0.15, 0.2) is 0 Å². The Morgan fingerprint density at radius 2 is 2.00 bits per heavy atom. The molecule has 3 amide bonds. The Bertz CT molecular complexity index is 364. The van der Waals surface area contributed by atoms with E-state index in [4.69, 9.17) is 11.5 Å². The van der Waals surface area contributed by atoms with Crippen LogP contribution in [0.3, 0.4) is 0 Å². The summed E-state index contributed by atoms with van der Waals surface area (Å²) >= 11 is 1.37. The molecule has 0 spiro atoms. The minimum Gasteiger partial charge on any atom is -0.368 e. The summed E-state index contributed by atoms with van der Waals surface area (Å²) in [6.07, 6.45) is 2.60. The number of nitrogens with two attached hydrogens (primary N) is 2. The van der Waals surface area contributed by atoms with Gasteiger partial charge < -0.3 is 26.9 Å². The van der Waals surface area contributed by atoms with E-state index in [2.05, 4.69) is 10.6 Å². The number of hydrogen-bond acceptors (Lipinski definition) is 6. The molecule has 6 N–H and O–H groups in total. The first-order valence-electron chi connectivity index (χ1n) is 5.95. The molecule has 0 aromatic carbocycles. The minimum absolute atomic E-state index is 0.0495. The lowest BCUT2D eigenvalue weighted by Crippen LogP contribution is -2.50. The van der Waals surface area contributed by atoms with Gasteiger partial charge in [-0.1, -0.05) is 0 Å². The van der Waals surface area contributed by atoms with Gasteiger partial charge in [0, 0.05) is 12.2 Å². The molecule has 8 nitrogen and oxygen atoms in total. The number of primary amides is 1. The van der Waals surface area contributed by atoms with E-state index in [1.54, 1.807) is 6.26 Å². The van der Waals surface area contributed by atoms with Crippen molar-refractivity contribution in [3.8, 4) is 0 Å². The summed E-state index contributed by atoms with van der Waals surface area (Å²) in [6.45, 7) is -0.282. The standard InChI is InChI=1S/C11H20N4O4S/c1-20-6-8(11(19)14-4-9(13)17)15-10(18)3-2-7(12)5-16/h5,7-8H,2-4,6,12H2,1H3,(H2,13,17)(H,14,19)(H,15,18)/t7-,8-/m0/s1. The maximum absolute atomic E-state index is 11.7. The predicted molar refractivity (Wildman–Crippen MR) is 75.8 cm³/mol. The molecule has 0 bridgehead atoms. The lowest BCUT2D eigenvalue weighted by Gasteiger charge is -2.17. The summed E-state index contributed by atoms with van der Waals surface area (Å²) in [7, 11) is 0. The van der Waals surface area contributed by atoms with E-state index in [1.165, 1.54) is 11.8 Å². The first-order chi connectivity index (χ1) is 9.40. The normalized spacial score (nSPS) is 13.1. The Morgan fingerprint density at radius 1 is 1.35 bits per heavy atom. The van der Waals surface area contributed by atoms with Crippen LogP contribution in [0.2, 0.25) is 0 Å². The van der Waals surface area contributed by atoms with Crippen molar-refractivity contribution in [1.29, 1.82) is 0 Å². The Morgan fingerprint density at radius 3 is 2.50 bits per heavy atom. The summed E-state index contributed by atoms with van der Waals surface area (Å²) in [5.74, 6) is -1.16. The average molecular weight is 304 g/mol. The highest BCUT2D eigenvalue weighted by Gasteiger charge is 2.20. The van der Waals surface area contributed by atoms with Crippen LogP contribution in [0.1, 0.15) is 12.8 Å². The molecule has 0 aromatic rings. The van der Waals surface area contributed by atoms with Gasteiger partial charge in [-0.05, 0) is 12.7 Å². The SMILES string of the molecule is CSC[C@H](NC(=O)CC[C@H](N)C=O)C(=O)NCC(N)=O. The molecule has 0 rings (SSSR count). The minimum atomic E-state index is -0.760. The monoisotopic (exact) mass is 304 g/mol. The molecule has 0 aromatic heterocycles. The maximum atomic E-state index is 11.7. The molecule has 0 radical (unpaired) electrons. The van der Waals surface area contributed by atoms with Gasteiger partial charge in [-0.15, -0.1) is 0 Å². The molecule has 0 aliphatic carbocycles. The Kier molecular flexibility index (Phi) is 9.39. The number of carbonyl (C=O) groups is 4. The Hall–Kier alpha value is -1.61. The maximum Gasteiger partial charge on any atom is 0.243 e. The Balaban J connectivity index is 4.30. The van der Waals surface area contributed by atoms with Crippen LogP contribution in [0, 0.1) is 0 Å². The number of rotatable bonds is 10. The van der Waals surface area contributed by atoms with Gasteiger partial charge in [0.05, 0.1) is 12.6 Å². The van der Waals surface area contributed by atoms with Gasteiger partial charge in [0.15, 0.2) is 0 Å². The van der Waals surface area contributed by atoms with Gasteiger partial charge in [-0.2, -0.15) is 11.8 Å². The fraction of sp³-hybridized carbons (Fsp3) is 0.636. The molecule has 2 atom stereocenters. The van der Waals surface area contributed by atoms with Crippen LogP contribution in [0.25, 0.3) is 0 Å². The first-order valence-corrected chi connectivity index (χ1v) is 7.35. The summed E-state index contributed by atoms with van der Waals surface area (Å²) in [6, 6.07) is -1.45. The third-order valence-corrected chi connectivity index (χ3v) is 2.97. The fourth-order valence-electron chi connectivity index (χ4n) is 1.28. The number of carbonyl (C=O) groups excluding carboxylic acids is 4. The van der Waals surface area contributed by atoms with Crippen molar-refractivity contribution in [1.82, 2.24) is 10.6 Å². The summed E-state index contributed by atoms with van der Waals surface area (Å²) in [4.78, 5) is 44.3. The molecule has 9 heteroatoms. The molecule has 0 unspecified atom stereocenters. The van der Waals surface area contributed by atoms with Crippen LogP contribution < -0.4 is 22.1 Å². The zero-order valence-electron chi connectivity index (χ0n) is 11.3. The van der Waals surface area contributed by atoms with Crippen molar-refractivity contribution in [3.63, 3.8) is 0 Å². The topological polar surface area (TPSA) is 144 Å². The number of nitrogens with one attached hydrogen (secondary N) is 2. The summed E-state index contributed by atoms with van der Waals surface area (Å²) < 4.78 is 0. The lowest BCUT2D eigenvalue weighted by atomic mass is 10.1. The van der Waals surface area contributed by atoms with Crippen molar-refractivity contribution >= 4 is 35.8 Å². The second kappa shape index (κ2) is 10.2. The van der Waals surface area contributed by atoms with E-state index >= 15 is 0 Å². The van der Waals surface area contributed by atoms with E-state index in [9.17, 15) is 19.2 Å². The zero-order chi connectivity index (χ0) is 15.5. The lowest BCUT2D eigenvalue weighted by molar-refractivity contribution is -0.129. The van der Waals surface area contributed by atoms with Crippen molar-refractivity contribution in [2.24, 2.45) is 11.5 Å². The van der Waals surface area contributed by atoms with E-state index in [0.29, 0.717) is 12.0 Å².